The van der Waals surface area contributed by atoms with Crippen molar-refractivity contribution in [1.82, 2.24) is 0 Å². The van der Waals surface area contributed by atoms with Gasteiger partial charge in [0.15, 0.2) is 0 Å². The summed E-state index contributed by atoms with van der Waals surface area (Å²) in [5.74, 6) is 2.15. The third kappa shape index (κ3) is 4.70. The highest BCUT2D eigenvalue weighted by Gasteiger charge is 2.15. The predicted molar refractivity (Wildman–Crippen MR) is 86.1 cm³/mol. The van der Waals surface area contributed by atoms with Crippen molar-refractivity contribution in [2.45, 2.75) is 56.4 Å². The molecule has 0 bridgehead atoms. The summed E-state index contributed by atoms with van der Waals surface area (Å²) < 4.78 is 0. The zero-order valence-electron chi connectivity index (χ0n) is 11.7. The van der Waals surface area contributed by atoms with Crippen LogP contribution in [0.5, 0.6) is 0 Å². The van der Waals surface area contributed by atoms with E-state index in [-0.39, 0.29) is 6.04 Å². The zero-order chi connectivity index (χ0) is 13.7. The van der Waals surface area contributed by atoms with Crippen LogP contribution in [0, 0.1) is 5.92 Å². The summed E-state index contributed by atoms with van der Waals surface area (Å²) in [5.41, 5.74) is 7.17. The van der Waals surface area contributed by atoms with E-state index in [1.165, 1.54) is 41.9 Å². The van der Waals surface area contributed by atoms with Crippen molar-refractivity contribution in [1.29, 1.82) is 0 Å². The lowest BCUT2D eigenvalue weighted by molar-refractivity contribution is 0.623. The number of halogens is 1. The van der Waals surface area contributed by atoms with Gasteiger partial charge in [-0.25, -0.2) is 0 Å². The highest BCUT2D eigenvalue weighted by atomic mass is 35.5. The lowest BCUT2D eigenvalue weighted by Crippen LogP contribution is -2.21. The molecule has 2 rings (SSSR count). The van der Waals surface area contributed by atoms with Crippen molar-refractivity contribution in [3.63, 3.8) is 0 Å². The first-order valence-corrected chi connectivity index (χ1v) is 8.72. The van der Waals surface area contributed by atoms with E-state index in [0.717, 1.165) is 23.8 Å². The summed E-state index contributed by atoms with van der Waals surface area (Å²) in [4.78, 5) is 1.30. The minimum atomic E-state index is 0.217. The quantitative estimate of drug-likeness (QED) is 0.756. The smallest absolute Gasteiger partial charge is 0.0449 e. The second-order valence-corrected chi connectivity index (χ2v) is 7.09. The van der Waals surface area contributed by atoms with E-state index in [0.29, 0.717) is 0 Å². The van der Waals surface area contributed by atoms with E-state index in [4.69, 9.17) is 17.3 Å². The first-order valence-electron chi connectivity index (χ1n) is 7.36. The van der Waals surface area contributed by atoms with Crippen LogP contribution >= 0.6 is 23.4 Å². The third-order valence-corrected chi connectivity index (χ3v) is 5.57. The Balaban J connectivity index is 1.90. The van der Waals surface area contributed by atoms with Crippen LogP contribution in [0.1, 0.15) is 44.6 Å². The van der Waals surface area contributed by atoms with E-state index in [9.17, 15) is 0 Å². The van der Waals surface area contributed by atoms with Crippen LogP contribution in [0.4, 0.5) is 0 Å². The van der Waals surface area contributed by atoms with Gasteiger partial charge >= 0.3 is 0 Å². The highest BCUT2D eigenvalue weighted by Crippen LogP contribution is 2.32. The van der Waals surface area contributed by atoms with Gasteiger partial charge in [0.1, 0.15) is 0 Å². The number of benzene rings is 1. The van der Waals surface area contributed by atoms with E-state index >= 15 is 0 Å². The molecule has 106 valence electrons. The Morgan fingerprint density at radius 3 is 2.74 bits per heavy atom. The predicted octanol–water partition coefficient (Wildman–Crippen LogP) is 4.90. The summed E-state index contributed by atoms with van der Waals surface area (Å²) >= 11 is 8.31. The van der Waals surface area contributed by atoms with Crippen molar-refractivity contribution in [3.05, 3.63) is 28.8 Å². The van der Waals surface area contributed by atoms with Gasteiger partial charge in [0.05, 0.1) is 0 Å². The standard InChI is InChI=1S/C16H24ClNS/c1-2-14(18)9-13-7-8-15(10-16(13)17)19-11-12-5-3-4-6-12/h7-8,10,12,14H,2-6,9,11,18H2,1H3. The third-order valence-electron chi connectivity index (χ3n) is 3.99. The molecule has 1 aromatic carbocycles. The van der Waals surface area contributed by atoms with E-state index in [2.05, 4.69) is 25.1 Å². The molecule has 0 aliphatic heterocycles. The molecule has 3 heteroatoms. The molecule has 1 aromatic rings. The van der Waals surface area contributed by atoms with Gasteiger partial charge in [-0.2, -0.15) is 0 Å². The Kier molecular flexibility index (Phi) is 6.06. The topological polar surface area (TPSA) is 26.0 Å². The maximum Gasteiger partial charge on any atom is 0.0449 e. The van der Waals surface area contributed by atoms with Crippen molar-refractivity contribution in [2.75, 3.05) is 5.75 Å². The molecule has 19 heavy (non-hydrogen) atoms. The van der Waals surface area contributed by atoms with Crippen LogP contribution < -0.4 is 5.73 Å². The molecular formula is C16H24ClNS. The fourth-order valence-electron chi connectivity index (χ4n) is 2.60. The van der Waals surface area contributed by atoms with Gasteiger partial charge in [0, 0.05) is 21.7 Å². The van der Waals surface area contributed by atoms with Crippen LogP contribution in [-0.2, 0) is 6.42 Å². The molecule has 0 aromatic heterocycles. The van der Waals surface area contributed by atoms with E-state index in [1.54, 1.807) is 0 Å². The number of hydrogen-bond acceptors (Lipinski definition) is 2. The van der Waals surface area contributed by atoms with Crippen molar-refractivity contribution >= 4 is 23.4 Å². The maximum atomic E-state index is 6.36. The summed E-state index contributed by atoms with van der Waals surface area (Å²) in [6.45, 7) is 2.12. The van der Waals surface area contributed by atoms with Crippen LogP contribution in [0.15, 0.2) is 23.1 Å². The Morgan fingerprint density at radius 1 is 1.37 bits per heavy atom. The Morgan fingerprint density at radius 2 is 2.11 bits per heavy atom. The van der Waals surface area contributed by atoms with Gasteiger partial charge in [-0.3, -0.25) is 0 Å². The first-order chi connectivity index (χ1) is 9.19. The summed E-state index contributed by atoms with van der Waals surface area (Å²) in [6.07, 6.45) is 7.52. The zero-order valence-corrected chi connectivity index (χ0v) is 13.3. The number of thioether (sulfide) groups is 1. The van der Waals surface area contributed by atoms with Crippen molar-refractivity contribution < 1.29 is 0 Å². The van der Waals surface area contributed by atoms with Crippen LogP contribution in [0.25, 0.3) is 0 Å². The molecule has 1 fully saturated rings. The van der Waals surface area contributed by atoms with Crippen LogP contribution in [-0.4, -0.2) is 11.8 Å². The normalized spacial score (nSPS) is 17.8. The second-order valence-electron chi connectivity index (χ2n) is 5.59. The average molecular weight is 298 g/mol. The lowest BCUT2D eigenvalue weighted by atomic mass is 10.1. The fraction of sp³-hybridized carbons (Fsp3) is 0.625. The first kappa shape index (κ1) is 15.2. The molecule has 1 nitrogen and oxygen atoms in total. The molecule has 0 radical (unpaired) electrons. The molecule has 2 N–H and O–H groups in total. The van der Waals surface area contributed by atoms with Crippen LogP contribution in [0.3, 0.4) is 0 Å². The van der Waals surface area contributed by atoms with Gasteiger partial charge in [0.2, 0.25) is 0 Å². The molecule has 0 amide bonds. The van der Waals surface area contributed by atoms with E-state index in [1.807, 2.05) is 11.8 Å². The summed E-state index contributed by atoms with van der Waals surface area (Å²) in [7, 11) is 0. The van der Waals surface area contributed by atoms with Crippen molar-refractivity contribution in [2.24, 2.45) is 11.7 Å². The Labute approximate surface area is 126 Å². The molecule has 1 aliphatic rings. The molecule has 1 saturated carbocycles. The number of rotatable bonds is 6. The summed E-state index contributed by atoms with van der Waals surface area (Å²) in [6, 6.07) is 6.67. The van der Waals surface area contributed by atoms with Gasteiger partial charge in [-0.05, 0) is 49.3 Å². The summed E-state index contributed by atoms with van der Waals surface area (Å²) in [5, 5.41) is 0.875. The molecule has 0 spiro atoms. The minimum absolute atomic E-state index is 0.217. The van der Waals surface area contributed by atoms with Gasteiger partial charge in [0.25, 0.3) is 0 Å². The Hall–Kier alpha value is -0.180. The highest BCUT2D eigenvalue weighted by molar-refractivity contribution is 7.99. The number of nitrogens with two attached hydrogens (primary N) is 1. The SMILES string of the molecule is CCC(N)Cc1ccc(SCC2CCCC2)cc1Cl. The number of hydrogen-bond donors (Lipinski definition) is 1. The molecule has 1 aliphatic carbocycles. The minimum Gasteiger partial charge on any atom is -0.327 e. The van der Waals surface area contributed by atoms with Gasteiger partial charge < -0.3 is 5.73 Å². The fourth-order valence-corrected chi connectivity index (χ4v) is 4.05. The van der Waals surface area contributed by atoms with Crippen LogP contribution in [0.2, 0.25) is 5.02 Å². The average Bonchev–Trinajstić information content (AvgIpc) is 2.92. The monoisotopic (exact) mass is 297 g/mol. The molecule has 1 atom stereocenters. The Bertz CT molecular complexity index is 402. The molecule has 0 heterocycles. The van der Waals surface area contributed by atoms with Gasteiger partial charge in [-0.1, -0.05) is 37.4 Å². The lowest BCUT2D eigenvalue weighted by Gasteiger charge is -2.12. The molecular weight excluding hydrogens is 274 g/mol. The van der Waals surface area contributed by atoms with Crippen molar-refractivity contribution in [3.8, 4) is 0 Å². The largest absolute Gasteiger partial charge is 0.327 e. The molecule has 0 saturated heterocycles. The van der Waals surface area contributed by atoms with Gasteiger partial charge in [-0.15, -0.1) is 11.8 Å². The second kappa shape index (κ2) is 7.56. The molecule has 1 unspecified atom stereocenters. The maximum absolute atomic E-state index is 6.36. The van der Waals surface area contributed by atoms with E-state index < -0.39 is 0 Å².